The molecule has 30 heavy (non-hydrogen) atoms. The van der Waals surface area contributed by atoms with Gasteiger partial charge >= 0.3 is 6.03 Å². The number of hydrogen-bond acceptors (Lipinski definition) is 5. The van der Waals surface area contributed by atoms with Gasteiger partial charge in [-0.25, -0.2) is 4.79 Å². The molecule has 1 aromatic carbocycles. The summed E-state index contributed by atoms with van der Waals surface area (Å²) in [4.78, 5) is 42.9. The molecule has 0 bridgehead atoms. The Morgan fingerprint density at radius 1 is 1.23 bits per heavy atom. The highest BCUT2D eigenvalue weighted by atomic mass is 16.5. The van der Waals surface area contributed by atoms with Crippen molar-refractivity contribution in [2.45, 2.75) is 38.1 Å². The largest absolute Gasteiger partial charge is 0.457 e. The van der Waals surface area contributed by atoms with Gasteiger partial charge in [0.2, 0.25) is 5.91 Å². The van der Waals surface area contributed by atoms with E-state index in [1.54, 1.807) is 48.8 Å². The summed E-state index contributed by atoms with van der Waals surface area (Å²) in [6.45, 7) is 1.66. The highest BCUT2D eigenvalue weighted by Gasteiger charge is 2.55. The van der Waals surface area contributed by atoms with Crippen molar-refractivity contribution >= 4 is 23.5 Å². The zero-order valence-electron chi connectivity index (χ0n) is 16.8. The number of pyridine rings is 1. The SMILES string of the molecule is CC1CCCCC12NC(=O)N(CC(=O)Nc1cccc(Oc3ccncc3)c1)C2=O. The van der Waals surface area contributed by atoms with Crippen molar-refractivity contribution in [1.29, 1.82) is 0 Å². The van der Waals surface area contributed by atoms with E-state index in [1.165, 1.54) is 0 Å². The molecule has 156 valence electrons. The number of carbonyl (C=O) groups excluding carboxylic acids is 3. The Morgan fingerprint density at radius 2 is 2.03 bits per heavy atom. The molecular weight excluding hydrogens is 384 g/mol. The van der Waals surface area contributed by atoms with Crippen LogP contribution < -0.4 is 15.4 Å². The lowest BCUT2D eigenvalue weighted by molar-refractivity contribution is -0.136. The number of aromatic nitrogens is 1. The first-order valence-corrected chi connectivity index (χ1v) is 10.1. The average molecular weight is 408 g/mol. The Bertz CT molecular complexity index is 965. The van der Waals surface area contributed by atoms with E-state index in [0.717, 1.165) is 24.2 Å². The van der Waals surface area contributed by atoms with Crippen LogP contribution in [0, 0.1) is 5.92 Å². The molecule has 1 aliphatic carbocycles. The zero-order valence-corrected chi connectivity index (χ0v) is 16.8. The molecule has 2 aromatic rings. The number of benzene rings is 1. The lowest BCUT2D eigenvalue weighted by Gasteiger charge is -2.36. The number of rotatable bonds is 5. The van der Waals surface area contributed by atoms with Crippen LogP contribution in [0.15, 0.2) is 48.8 Å². The molecule has 1 spiro atoms. The third-order valence-electron chi connectivity index (χ3n) is 5.81. The van der Waals surface area contributed by atoms with E-state index in [9.17, 15) is 14.4 Å². The summed E-state index contributed by atoms with van der Waals surface area (Å²) in [6, 6.07) is 9.86. The lowest BCUT2D eigenvalue weighted by atomic mass is 9.73. The topological polar surface area (TPSA) is 101 Å². The van der Waals surface area contributed by atoms with Crippen LogP contribution in [0.5, 0.6) is 11.5 Å². The van der Waals surface area contributed by atoms with Crippen LogP contribution in [0.4, 0.5) is 10.5 Å². The number of nitrogens with one attached hydrogen (secondary N) is 2. The monoisotopic (exact) mass is 408 g/mol. The minimum absolute atomic E-state index is 0.0535. The number of carbonyl (C=O) groups is 3. The summed E-state index contributed by atoms with van der Waals surface area (Å²) in [5.41, 5.74) is -0.354. The van der Waals surface area contributed by atoms with Crippen molar-refractivity contribution in [3.8, 4) is 11.5 Å². The van der Waals surface area contributed by atoms with Crippen LogP contribution in [0.1, 0.15) is 32.6 Å². The summed E-state index contributed by atoms with van der Waals surface area (Å²) in [7, 11) is 0. The summed E-state index contributed by atoms with van der Waals surface area (Å²) < 4.78 is 5.74. The highest BCUT2D eigenvalue weighted by Crippen LogP contribution is 2.38. The van der Waals surface area contributed by atoms with Gasteiger partial charge in [-0.1, -0.05) is 25.8 Å². The minimum atomic E-state index is -0.867. The van der Waals surface area contributed by atoms with E-state index in [4.69, 9.17) is 4.74 Å². The maximum atomic E-state index is 13.0. The predicted molar refractivity (Wildman–Crippen MR) is 110 cm³/mol. The van der Waals surface area contributed by atoms with E-state index in [-0.39, 0.29) is 18.4 Å². The first-order valence-electron chi connectivity index (χ1n) is 10.1. The molecule has 1 saturated heterocycles. The fourth-order valence-corrected chi connectivity index (χ4v) is 4.16. The molecule has 2 atom stereocenters. The fourth-order valence-electron chi connectivity index (χ4n) is 4.16. The highest BCUT2D eigenvalue weighted by molar-refractivity contribution is 6.10. The number of amides is 4. The predicted octanol–water partition coefficient (Wildman–Crippen LogP) is 3.31. The van der Waals surface area contributed by atoms with Crippen molar-refractivity contribution in [1.82, 2.24) is 15.2 Å². The smallest absolute Gasteiger partial charge is 0.325 e. The third kappa shape index (κ3) is 3.85. The number of ether oxygens (including phenoxy) is 1. The van der Waals surface area contributed by atoms with Crippen LogP contribution in [-0.2, 0) is 9.59 Å². The fraction of sp³-hybridized carbons (Fsp3) is 0.364. The Kier molecular flexibility index (Phi) is 5.39. The van der Waals surface area contributed by atoms with Gasteiger partial charge in [-0.2, -0.15) is 0 Å². The molecule has 4 rings (SSSR count). The quantitative estimate of drug-likeness (QED) is 0.739. The Hall–Kier alpha value is -3.42. The Morgan fingerprint density at radius 3 is 2.80 bits per heavy atom. The van der Waals surface area contributed by atoms with Gasteiger partial charge in [-0.05, 0) is 43.0 Å². The molecule has 0 radical (unpaired) electrons. The zero-order chi connectivity index (χ0) is 21.1. The maximum Gasteiger partial charge on any atom is 0.325 e. The van der Waals surface area contributed by atoms with Crippen LogP contribution in [-0.4, -0.2) is 39.8 Å². The second-order valence-electron chi connectivity index (χ2n) is 7.80. The van der Waals surface area contributed by atoms with Gasteiger partial charge in [0.25, 0.3) is 5.91 Å². The van der Waals surface area contributed by atoms with Crippen LogP contribution in [0.25, 0.3) is 0 Å². The second kappa shape index (κ2) is 8.14. The first-order chi connectivity index (χ1) is 14.5. The van der Waals surface area contributed by atoms with Crippen LogP contribution in [0.3, 0.4) is 0 Å². The number of nitrogens with zero attached hydrogens (tertiary/aromatic N) is 2. The maximum absolute atomic E-state index is 13.0. The molecule has 2 fully saturated rings. The molecule has 2 aliphatic rings. The normalized spacial score (nSPS) is 23.4. The molecular formula is C22H24N4O4. The van der Waals surface area contributed by atoms with Gasteiger partial charge < -0.3 is 15.4 Å². The second-order valence-corrected chi connectivity index (χ2v) is 7.80. The van der Waals surface area contributed by atoms with Gasteiger partial charge in [-0.15, -0.1) is 0 Å². The van der Waals surface area contributed by atoms with Gasteiger partial charge in [-0.3, -0.25) is 19.5 Å². The summed E-state index contributed by atoms with van der Waals surface area (Å²) in [5.74, 6) is 0.478. The number of imide groups is 1. The summed E-state index contributed by atoms with van der Waals surface area (Å²) in [6.07, 6.45) is 6.69. The number of anilines is 1. The van der Waals surface area contributed by atoms with Gasteiger partial charge in [0.15, 0.2) is 0 Å². The van der Waals surface area contributed by atoms with E-state index >= 15 is 0 Å². The minimum Gasteiger partial charge on any atom is -0.457 e. The molecule has 2 unspecified atom stereocenters. The van der Waals surface area contributed by atoms with Crippen molar-refractivity contribution in [2.24, 2.45) is 5.92 Å². The molecule has 1 aliphatic heterocycles. The van der Waals surface area contributed by atoms with E-state index in [1.807, 2.05) is 6.92 Å². The lowest BCUT2D eigenvalue weighted by Crippen LogP contribution is -2.54. The van der Waals surface area contributed by atoms with Crippen LogP contribution in [0.2, 0.25) is 0 Å². The summed E-state index contributed by atoms with van der Waals surface area (Å²) >= 11 is 0. The van der Waals surface area contributed by atoms with Gasteiger partial charge in [0, 0.05) is 24.1 Å². The van der Waals surface area contributed by atoms with E-state index in [2.05, 4.69) is 15.6 Å². The first kappa shape index (κ1) is 19.9. The molecule has 1 saturated carbocycles. The molecule has 8 heteroatoms. The average Bonchev–Trinajstić information content (AvgIpc) is 2.96. The molecule has 1 aromatic heterocycles. The van der Waals surface area contributed by atoms with Crippen LogP contribution >= 0.6 is 0 Å². The van der Waals surface area contributed by atoms with Crippen molar-refractivity contribution in [3.05, 3.63) is 48.8 Å². The van der Waals surface area contributed by atoms with E-state index < -0.39 is 17.5 Å². The Labute approximate surface area is 174 Å². The van der Waals surface area contributed by atoms with Crippen molar-refractivity contribution in [2.75, 3.05) is 11.9 Å². The standard InChI is InChI=1S/C22H24N4O4/c1-15-5-2-3-10-22(15)20(28)26(21(29)25-22)14-19(27)24-16-6-4-7-18(13-16)30-17-8-11-23-12-9-17/h4,6-9,11-13,15H,2-3,5,10,14H2,1H3,(H,24,27)(H,25,29). The van der Waals surface area contributed by atoms with Crippen molar-refractivity contribution in [3.63, 3.8) is 0 Å². The van der Waals surface area contributed by atoms with Gasteiger partial charge in [0.1, 0.15) is 23.6 Å². The Balaban J connectivity index is 1.41. The summed E-state index contributed by atoms with van der Waals surface area (Å²) in [5, 5.41) is 5.59. The van der Waals surface area contributed by atoms with E-state index in [0.29, 0.717) is 23.6 Å². The third-order valence-corrected chi connectivity index (χ3v) is 5.81. The molecule has 2 N–H and O–H groups in total. The number of urea groups is 1. The molecule has 2 heterocycles. The van der Waals surface area contributed by atoms with Crippen molar-refractivity contribution < 1.29 is 19.1 Å². The number of hydrogen-bond donors (Lipinski definition) is 2. The molecule has 8 nitrogen and oxygen atoms in total. The molecule has 4 amide bonds. The van der Waals surface area contributed by atoms with Gasteiger partial charge in [0.05, 0.1) is 0 Å².